The van der Waals surface area contributed by atoms with Crippen molar-refractivity contribution in [1.82, 2.24) is 14.5 Å². The number of rotatable bonds is 11. The average Bonchev–Trinajstić information content (AvgIpc) is 3.51. The van der Waals surface area contributed by atoms with Gasteiger partial charge in [0.1, 0.15) is 6.04 Å². The second-order valence-corrected chi connectivity index (χ2v) is 12.7. The van der Waals surface area contributed by atoms with E-state index in [-0.39, 0.29) is 29.7 Å². The summed E-state index contributed by atoms with van der Waals surface area (Å²) in [5.41, 5.74) is 2.60. The summed E-state index contributed by atoms with van der Waals surface area (Å²) in [6.07, 6.45) is 2.34. The third kappa shape index (κ3) is 7.85. The minimum absolute atomic E-state index is 0.167. The molecule has 0 aromatic heterocycles. The van der Waals surface area contributed by atoms with E-state index in [4.69, 9.17) is 23.2 Å². The standard InChI is InChI=1S/C30H33Cl2N3O4S/c1-22(30(37)33-20-24-4-11-26(31)12-5-24)35(21-25-6-13-27(32)14-7-25)29(36)17-10-23-8-15-28(16-9-23)40(38,39)34-18-2-3-19-34/h4-9,11-16,22H,2-3,10,17-21H2,1H3,(H,33,37)/t22-/m1/s1. The van der Waals surface area contributed by atoms with Gasteiger partial charge in [0.25, 0.3) is 0 Å². The van der Waals surface area contributed by atoms with E-state index in [1.165, 1.54) is 4.31 Å². The van der Waals surface area contributed by atoms with Crippen LogP contribution in [0.3, 0.4) is 0 Å². The maximum Gasteiger partial charge on any atom is 0.243 e. The Bertz CT molecular complexity index is 1410. The van der Waals surface area contributed by atoms with Crippen LogP contribution in [0.4, 0.5) is 0 Å². The summed E-state index contributed by atoms with van der Waals surface area (Å²) < 4.78 is 27.1. The third-order valence-electron chi connectivity index (χ3n) is 7.07. The van der Waals surface area contributed by atoms with E-state index in [1.54, 1.807) is 60.4 Å². The van der Waals surface area contributed by atoms with Crippen molar-refractivity contribution in [1.29, 1.82) is 0 Å². The van der Waals surface area contributed by atoms with E-state index in [2.05, 4.69) is 5.32 Å². The Hall–Kier alpha value is -2.91. The summed E-state index contributed by atoms with van der Waals surface area (Å²) in [7, 11) is -3.49. The number of sulfonamides is 1. The van der Waals surface area contributed by atoms with Crippen molar-refractivity contribution < 1.29 is 18.0 Å². The average molecular weight is 603 g/mol. The predicted molar refractivity (Wildman–Crippen MR) is 158 cm³/mol. The smallest absolute Gasteiger partial charge is 0.243 e. The fourth-order valence-corrected chi connectivity index (χ4v) is 6.38. The van der Waals surface area contributed by atoms with Crippen molar-refractivity contribution >= 4 is 45.0 Å². The molecule has 3 aromatic carbocycles. The number of nitrogens with zero attached hydrogens (tertiary/aromatic N) is 2. The normalized spacial score (nSPS) is 14.6. The molecule has 7 nitrogen and oxygen atoms in total. The van der Waals surface area contributed by atoms with Gasteiger partial charge in [0.2, 0.25) is 21.8 Å². The summed E-state index contributed by atoms with van der Waals surface area (Å²) in [5.74, 6) is -0.452. The molecule has 1 saturated heterocycles. The van der Waals surface area contributed by atoms with Gasteiger partial charge < -0.3 is 10.2 Å². The minimum atomic E-state index is -3.49. The molecule has 1 fully saturated rings. The molecule has 2 amide bonds. The zero-order valence-corrected chi connectivity index (χ0v) is 24.7. The Balaban J connectivity index is 1.42. The van der Waals surface area contributed by atoms with Crippen molar-refractivity contribution in [3.8, 4) is 0 Å². The van der Waals surface area contributed by atoms with Crippen LogP contribution in [0, 0.1) is 0 Å². The summed E-state index contributed by atoms with van der Waals surface area (Å²) >= 11 is 12.0. The molecular formula is C30H33Cl2N3O4S. The molecule has 0 spiro atoms. The lowest BCUT2D eigenvalue weighted by Crippen LogP contribution is -2.47. The highest BCUT2D eigenvalue weighted by Crippen LogP contribution is 2.22. The topological polar surface area (TPSA) is 86.8 Å². The van der Waals surface area contributed by atoms with Gasteiger partial charge in [-0.15, -0.1) is 0 Å². The van der Waals surface area contributed by atoms with Gasteiger partial charge in [0.15, 0.2) is 0 Å². The van der Waals surface area contributed by atoms with Crippen LogP contribution < -0.4 is 5.32 Å². The lowest BCUT2D eigenvalue weighted by Gasteiger charge is -2.29. The Morgan fingerprint density at radius 1 is 0.850 bits per heavy atom. The lowest BCUT2D eigenvalue weighted by atomic mass is 10.1. The highest BCUT2D eigenvalue weighted by molar-refractivity contribution is 7.89. The number of aryl methyl sites for hydroxylation is 1. The summed E-state index contributed by atoms with van der Waals surface area (Å²) in [5, 5.41) is 4.11. The first kappa shape index (κ1) is 30.1. The van der Waals surface area contributed by atoms with Gasteiger partial charge in [-0.25, -0.2) is 8.42 Å². The number of hydrogen-bond donors (Lipinski definition) is 1. The van der Waals surface area contributed by atoms with Crippen molar-refractivity contribution in [2.24, 2.45) is 0 Å². The van der Waals surface area contributed by atoms with Gasteiger partial charge >= 0.3 is 0 Å². The first-order valence-electron chi connectivity index (χ1n) is 13.3. The van der Waals surface area contributed by atoms with E-state index >= 15 is 0 Å². The Kier molecular flexibility index (Phi) is 10.2. The minimum Gasteiger partial charge on any atom is -0.350 e. The van der Waals surface area contributed by atoms with Crippen molar-refractivity contribution in [3.05, 3.63) is 99.5 Å². The molecule has 1 N–H and O–H groups in total. The SMILES string of the molecule is C[C@H](C(=O)NCc1ccc(Cl)cc1)N(Cc1ccc(Cl)cc1)C(=O)CCc1ccc(S(=O)(=O)N2CCCC2)cc1. The monoisotopic (exact) mass is 601 g/mol. The number of carbonyl (C=O) groups excluding carboxylic acids is 2. The van der Waals surface area contributed by atoms with E-state index in [1.807, 2.05) is 24.3 Å². The van der Waals surface area contributed by atoms with E-state index in [0.29, 0.717) is 36.1 Å². The maximum atomic E-state index is 13.4. The van der Waals surface area contributed by atoms with Gasteiger partial charge in [-0.1, -0.05) is 59.6 Å². The second kappa shape index (κ2) is 13.6. The van der Waals surface area contributed by atoms with E-state index in [0.717, 1.165) is 29.5 Å². The number of carbonyl (C=O) groups is 2. The molecule has 212 valence electrons. The van der Waals surface area contributed by atoms with Crippen molar-refractivity contribution in [3.63, 3.8) is 0 Å². The molecule has 1 atom stereocenters. The highest BCUT2D eigenvalue weighted by Gasteiger charge is 2.28. The van der Waals surface area contributed by atoms with Gasteiger partial charge in [-0.3, -0.25) is 9.59 Å². The van der Waals surface area contributed by atoms with Crippen LogP contribution in [0.25, 0.3) is 0 Å². The van der Waals surface area contributed by atoms with Gasteiger partial charge in [-0.2, -0.15) is 4.31 Å². The fraction of sp³-hybridized carbons (Fsp3) is 0.333. The quantitative estimate of drug-likeness (QED) is 0.317. The molecule has 4 rings (SSSR count). The summed E-state index contributed by atoms with van der Waals surface area (Å²) in [6.45, 7) is 3.37. The first-order chi connectivity index (χ1) is 19.1. The predicted octanol–water partition coefficient (Wildman–Crippen LogP) is 5.44. The zero-order valence-electron chi connectivity index (χ0n) is 22.4. The number of benzene rings is 3. The largest absolute Gasteiger partial charge is 0.350 e. The fourth-order valence-electron chi connectivity index (χ4n) is 4.61. The maximum absolute atomic E-state index is 13.4. The zero-order chi connectivity index (χ0) is 28.7. The third-order valence-corrected chi connectivity index (χ3v) is 9.48. The molecule has 3 aromatic rings. The Morgan fingerprint density at radius 2 is 1.38 bits per heavy atom. The number of amides is 2. The van der Waals surface area contributed by atoms with Gasteiger partial charge in [-0.05, 0) is 79.3 Å². The Morgan fingerprint density at radius 3 is 1.95 bits per heavy atom. The van der Waals surface area contributed by atoms with Crippen LogP contribution in [0.1, 0.15) is 42.9 Å². The van der Waals surface area contributed by atoms with E-state index in [9.17, 15) is 18.0 Å². The molecule has 0 radical (unpaired) electrons. The lowest BCUT2D eigenvalue weighted by molar-refractivity contribution is -0.140. The molecule has 0 unspecified atom stereocenters. The molecular weight excluding hydrogens is 569 g/mol. The second-order valence-electron chi connectivity index (χ2n) is 9.92. The molecule has 1 aliphatic rings. The van der Waals surface area contributed by atoms with Gasteiger partial charge in [0.05, 0.1) is 4.90 Å². The van der Waals surface area contributed by atoms with Crippen LogP contribution in [0.15, 0.2) is 77.7 Å². The van der Waals surface area contributed by atoms with E-state index < -0.39 is 16.1 Å². The van der Waals surface area contributed by atoms with Crippen LogP contribution >= 0.6 is 23.2 Å². The van der Waals surface area contributed by atoms with Crippen LogP contribution in [-0.4, -0.2) is 48.6 Å². The van der Waals surface area contributed by atoms with Crippen LogP contribution in [0.2, 0.25) is 10.0 Å². The number of nitrogens with one attached hydrogen (secondary N) is 1. The molecule has 0 saturated carbocycles. The number of hydrogen-bond acceptors (Lipinski definition) is 4. The Labute approximate surface area is 246 Å². The molecule has 0 aliphatic carbocycles. The number of halogens is 2. The van der Waals surface area contributed by atoms with Crippen LogP contribution in [-0.2, 0) is 39.1 Å². The molecule has 0 bridgehead atoms. The molecule has 1 heterocycles. The summed E-state index contributed by atoms with van der Waals surface area (Å²) in [6, 6.07) is 20.4. The van der Waals surface area contributed by atoms with Crippen LogP contribution in [0.5, 0.6) is 0 Å². The molecule has 40 heavy (non-hydrogen) atoms. The summed E-state index contributed by atoms with van der Waals surface area (Å²) in [4.78, 5) is 28.3. The van der Waals surface area contributed by atoms with Crippen molar-refractivity contribution in [2.45, 2.75) is 56.6 Å². The molecule has 10 heteroatoms. The first-order valence-corrected chi connectivity index (χ1v) is 15.5. The van der Waals surface area contributed by atoms with Crippen molar-refractivity contribution in [2.75, 3.05) is 13.1 Å². The molecule has 1 aliphatic heterocycles. The van der Waals surface area contributed by atoms with Gasteiger partial charge in [0, 0.05) is 42.6 Å². The highest BCUT2D eigenvalue weighted by atomic mass is 35.5.